The predicted molar refractivity (Wildman–Crippen MR) is 70.5 cm³/mol. The molecule has 0 bridgehead atoms. The zero-order valence-corrected chi connectivity index (χ0v) is 10.5. The van der Waals surface area contributed by atoms with Gasteiger partial charge < -0.3 is 10.4 Å². The molecule has 2 N–H and O–H groups in total. The second kappa shape index (κ2) is 5.69. The fourth-order valence-corrected chi connectivity index (χ4v) is 2.24. The highest BCUT2D eigenvalue weighted by atomic mass is 16.6. The van der Waals surface area contributed by atoms with Crippen LogP contribution in [0.4, 0.5) is 11.4 Å². The normalized spacial score (nSPS) is 14.7. The standard InChI is InChI=1S/C13H16N2O4/c16-13(17)10-5-2-6-11(15(18)19)12(10)14-8-7-9-3-1-4-9/h2,5-6,9,14H,1,3-4,7-8H2,(H,16,17). The summed E-state index contributed by atoms with van der Waals surface area (Å²) in [6, 6.07) is 4.08. The third kappa shape index (κ3) is 3.01. The molecule has 0 unspecified atom stereocenters. The van der Waals surface area contributed by atoms with Crippen molar-refractivity contribution in [2.75, 3.05) is 11.9 Å². The molecule has 1 saturated carbocycles. The molecule has 0 saturated heterocycles. The van der Waals surface area contributed by atoms with E-state index in [1.165, 1.54) is 37.5 Å². The van der Waals surface area contributed by atoms with E-state index in [1.807, 2.05) is 0 Å². The molecule has 6 heteroatoms. The second-order valence-electron chi connectivity index (χ2n) is 4.77. The molecule has 1 aliphatic rings. The molecule has 0 aromatic heterocycles. The second-order valence-corrected chi connectivity index (χ2v) is 4.77. The van der Waals surface area contributed by atoms with E-state index in [9.17, 15) is 14.9 Å². The molecule has 1 aliphatic carbocycles. The van der Waals surface area contributed by atoms with Gasteiger partial charge in [0, 0.05) is 12.6 Å². The van der Waals surface area contributed by atoms with Gasteiger partial charge in [-0.05, 0) is 18.4 Å². The predicted octanol–water partition coefficient (Wildman–Crippen LogP) is 2.90. The molecule has 19 heavy (non-hydrogen) atoms. The van der Waals surface area contributed by atoms with Gasteiger partial charge in [-0.3, -0.25) is 10.1 Å². The van der Waals surface area contributed by atoms with Crippen LogP contribution in [0.1, 0.15) is 36.0 Å². The lowest BCUT2D eigenvalue weighted by atomic mass is 9.83. The lowest BCUT2D eigenvalue weighted by Crippen LogP contribution is -2.17. The molecule has 2 rings (SSSR count). The summed E-state index contributed by atoms with van der Waals surface area (Å²) in [4.78, 5) is 21.5. The minimum Gasteiger partial charge on any atom is -0.478 e. The number of hydrogen-bond acceptors (Lipinski definition) is 4. The van der Waals surface area contributed by atoms with Gasteiger partial charge in [0.1, 0.15) is 5.69 Å². The number of nitro groups is 1. The van der Waals surface area contributed by atoms with Crippen LogP contribution < -0.4 is 5.32 Å². The first-order valence-corrected chi connectivity index (χ1v) is 6.34. The number of anilines is 1. The van der Waals surface area contributed by atoms with Crippen molar-refractivity contribution in [1.82, 2.24) is 0 Å². The van der Waals surface area contributed by atoms with Gasteiger partial charge in [-0.15, -0.1) is 0 Å². The van der Waals surface area contributed by atoms with Crippen LogP contribution in [0, 0.1) is 16.0 Å². The summed E-state index contributed by atoms with van der Waals surface area (Å²) in [5.41, 5.74) is -0.129. The molecule has 0 atom stereocenters. The molecule has 102 valence electrons. The Hall–Kier alpha value is -2.11. The van der Waals surface area contributed by atoms with Gasteiger partial charge in [-0.2, -0.15) is 0 Å². The third-order valence-electron chi connectivity index (χ3n) is 3.55. The van der Waals surface area contributed by atoms with Crippen molar-refractivity contribution in [3.63, 3.8) is 0 Å². The topological polar surface area (TPSA) is 92.5 Å². The monoisotopic (exact) mass is 264 g/mol. The Morgan fingerprint density at radius 2 is 2.21 bits per heavy atom. The summed E-state index contributed by atoms with van der Waals surface area (Å²) in [6.07, 6.45) is 4.57. The van der Waals surface area contributed by atoms with E-state index in [2.05, 4.69) is 5.32 Å². The first-order valence-electron chi connectivity index (χ1n) is 6.34. The van der Waals surface area contributed by atoms with E-state index in [4.69, 9.17) is 5.11 Å². The molecule has 6 nitrogen and oxygen atoms in total. The van der Waals surface area contributed by atoms with Crippen LogP contribution in [-0.2, 0) is 0 Å². The van der Waals surface area contributed by atoms with E-state index in [0.717, 1.165) is 6.42 Å². The SMILES string of the molecule is O=C(O)c1cccc([N+](=O)[O-])c1NCCC1CCC1. The number of nitro benzene ring substituents is 1. The fourth-order valence-electron chi connectivity index (χ4n) is 2.24. The van der Waals surface area contributed by atoms with Crippen molar-refractivity contribution in [3.05, 3.63) is 33.9 Å². The highest BCUT2D eigenvalue weighted by Gasteiger charge is 2.22. The number of aromatic carboxylic acids is 1. The van der Waals surface area contributed by atoms with E-state index < -0.39 is 10.9 Å². The zero-order valence-electron chi connectivity index (χ0n) is 10.5. The zero-order chi connectivity index (χ0) is 13.8. The molecule has 1 fully saturated rings. The smallest absolute Gasteiger partial charge is 0.338 e. The molecule has 0 aliphatic heterocycles. The fraction of sp³-hybridized carbons (Fsp3) is 0.462. The van der Waals surface area contributed by atoms with Gasteiger partial charge in [0.25, 0.3) is 5.69 Å². The van der Waals surface area contributed by atoms with Crippen LogP contribution >= 0.6 is 0 Å². The number of benzene rings is 1. The van der Waals surface area contributed by atoms with Crippen LogP contribution in [-0.4, -0.2) is 22.5 Å². The average Bonchev–Trinajstić information content (AvgIpc) is 2.31. The van der Waals surface area contributed by atoms with Gasteiger partial charge in [0.15, 0.2) is 0 Å². The molecule has 0 spiro atoms. The van der Waals surface area contributed by atoms with E-state index in [1.54, 1.807) is 0 Å². The van der Waals surface area contributed by atoms with Gasteiger partial charge in [0.05, 0.1) is 10.5 Å². The highest BCUT2D eigenvalue weighted by molar-refractivity contribution is 5.96. The lowest BCUT2D eigenvalue weighted by Gasteiger charge is -2.25. The van der Waals surface area contributed by atoms with Crippen LogP contribution in [0.2, 0.25) is 0 Å². The highest BCUT2D eigenvalue weighted by Crippen LogP contribution is 2.31. The third-order valence-corrected chi connectivity index (χ3v) is 3.55. The van der Waals surface area contributed by atoms with Crippen molar-refractivity contribution < 1.29 is 14.8 Å². The number of nitrogens with zero attached hydrogens (tertiary/aromatic N) is 1. The van der Waals surface area contributed by atoms with Crippen LogP contribution in [0.5, 0.6) is 0 Å². The maximum atomic E-state index is 11.1. The van der Waals surface area contributed by atoms with Crippen molar-refractivity contribution in [2.45, 2.75) is 25.7 Å². The number of hydrogen-bond donors (Lipinski definition) is 2. The number of para-hydroxylation sites is 1. The summed E-state index contributed by atoms with van der Waals surface area (Å²) in [5.74, 6) is -0.488. The number of carboxylic acids is 1. The molecule has 1 aromatic carbocycles. The van der Waals surface area contributed by atoms with E-state index in [0.29, 0.717) is 12.5 Å². The number of rotatable bonds is 6. The maximum absolute atomic E-state index is 11.1. The molecule has 0 heterocycles. The summed E-state index contributed by atoms with van der Waals surface area (Å²) < 4.78 is 0. The number of nitrogens with one attached hydrogen (secondary N) is 1. The number of carboxylic acid groups (broad SMARTS) is 1. The minimum absolute atomic E-state index is 0.0530. The largest absolute Gasteiger partial charge is 0.478 e. The molecular weight excluding hydrogens is 248 g/mol. The molecule has 1 aromatic rings. The minimum atomic E-state index is -1.16. The Bertz CT molecular complexity index is 465. The first kappa shape index (κ1) is 13.3. The quantitative estimate of drug-likeness (QED) is 0.608. The summed E-state index contributed by atoms with van der Waals surface area (Å²) in [7, 11) is 0. The van der Waals surface area contributed by atoms with E-state index in [-0.39, 0.29) is 16.9 Å². The number of carbonyl (C=O) groups is 1. The van der Waals surface area contributed by atoms with Crippen molar-refractivity contribution in [1.29, 1.82) is 0 Å². The Morgan fingerprint density at radius 3 is 2.74 bits per heavy atom. The average molecular weight is 264 g/mol. The van der Waals surface area contributed by atoms with Crippen molar-refractivity contribution in [3.8, 4) is 0 Å². The Labute approximate surface area is 110 Å². The van der Waals surface area contributed by atoms with E-state index >= 15 is 0 Å². The van der Waals surface area contributed by atoms with Gasteiger partial charge in [-0.1, -0.05) is 25.3 Å². The van der Waals surface area contributed by atoms with Crippen LogP contribution in [0.25, 0.3) is 0 Å². The molecule has 0 radical (unpaired) electrons. The summed E-state index contributed by atoms with van der Waals surface area (Å²) in [5, 5.41) is 22.9. The molecule has 0 amide bonds. The van der Waals surface area contributed by atoms with Crippen LogP contribution in [0.3, 0.4) is 0 Å². The lowest BCUT2D eigenvalue weighted by molar-refractivity contribution is -0.384. The summed E-state index contributed by atoms with van der Waals surface area (Å²) in [6.45, 7) is 0.565. The van der Waals surface area contributed by atoms with Crippen LogP contribution in [0.15, 0.2) is 18.2 Å². The first-order chi connectivity index (χ1) is 9.09. The Kier molecular flexibility index (Phi) is 3.99. The van der Waals surface area contributed by atoms with Gasteiger partial charge in [-0.25, -0.2) is 4.79 Å². The van der Waals surface area contributed by atoms with Crippen molar-refractivity contribution in [2.24, 2.45) is 5.92 Å². The summed E-state index contributed by atoms with van der Waals surface area (Å²) >= 11 is 0. The van der Waals surface area contributed by atoms with Crippen molar-refractivity contribution >= 4 is 17.3 Å². The van der Waals surface area contributed by atoms with Gasteiger partial charge >= 0.3 is 5.97 Å². The van der Waals surface area contributed by atoms with Gasteiger partial charge in [0.2, 0.25) is 0 Å². The Morgan fingerprint density at radius 1 is 1.47 bits per heavy atom. The maximum Gasteiger partial charge on any atom is 0.338 e. The molecular formula is C13H16N2O4. The Balaban J connectivity index is 2.14.